The molecule has 1 aromatic heterocycles. The van der Waals surface area contributed by atoms with E-state index in [2.05, 4.69) is 22.1 Å². The number of nitro benzene ring substituents is 1. The zero-order valence-electron chi connectivity index (χ0n) is 13.2. The van der Waals surface area contributed by atoms with E-state index < -0.39 is 4.92 Å². The van der Waals surface area contributed by atoms with Crippen LogP contribution in [0.2, 0.25) is 0 Å². The molecule has 1 N–H and O–H groups in total. The van der Waals surface area contributed by atoms with E-state index in [-0.39, 0.29) is 11.6 Å². The van der Waals surface area contributed by atoms with Crippen molar-refractivity contribution < 1.29 is 9.72 Å². The molecule has 2 rings (SSSR count). The average molecular weight is 336 g/mol. The second-order valence-corrected chi connectivity index (χ2v) is 6.41. The van der Waals surface area contributed by atoms with Crippen LogP contribution in [0.25, 0.3) is 10.2 Å². The number of nitrogens with zero attached hydrogens (tertiary/aromatic N) is 3. The first-order valence-corrected chi connectivity index (χ1v) is 8.34. The Hall–Kier alpha value is -2.06. The molecule has 0 aliphatic carbocycles. The molecule has 0 atom stereocenters. The molecule has 0 aliphatic heterocycles. The van der Waals surface area contributed by atoms with Crippen molar-refractivity contribution >= 4 is 38.3 Å². The summed E-state index contributed by atoms with van der Waals surface area (Å²) in [7, 11) is 2.00. The molecule has 0 fully saturated rings. The number of carbonyl (C=O) groups excluding carboxylic acids is 1. The number of fused-ring (bicyclic) bond motifs is 1. The summed E-state index contributed by atoms with van der Waals surface area (Å²) in [6, 6.07) is 4.48. The number of unbranched alkanes of at least 4 members (excludes halogenated alkanes) is 1. The van der Waals surface area contributed by atoms with Crippen molar-refractivity contribution in [3.63, 3.8) is 0 Å². The Morgan fingerprint density at radius 1 is 1.43 bits per heavy atom. The van der Waals surface area contributed by atoms with E-state index in [1.54, 1.807) is 6.07 Å². The molecule has 0 aliphatic rings. The lowest BCUT2D eigenvalue weighted by atomic mass is 10.3. The molecule has 23 heavy (non-hydrogen) atoms. The van der Waals surface area contributed by atoms with Gasteiger partial charge in [0.15, 0.2) is 5.13 Å². The average Bonchev–Trinajstić information content (AvgIpc) is 2.91. The number of rotatable bonds is 8. The highest BCUT2D eigenvalue weighted by atomic mass is 32.1. The molecule has 2 aromatic rings. The topological polar surface area (TPSA) is 88.4 Å². The number of hydrogen-bond donors (Lipinski definition) is 1. The van der Waals surface area contributed by atoms with Crippen LogP contribution >= 0.6 is 11.3 Å². The molecular weight excluding hydrogens is 316 g/mol. The van der Waals surface area contributed by atoms with Gasteiger partial charge < -0.3 is 10.2 Å². The van der Waals surface area contributed by atoms with Crippen molar-refractivity contribution in [1.82, 2.24) is 9.88 Å². The predicted octanol–water partition coefficient (Wildman–Crippen LogP) is 3.27. The molecule has 0 saturated carbocycles. The van der Waals surface area contributed by atoms with Crippen LogP contribution in [0.1, 0.15) is 26.2 Å². The molecule has 0 spiro atoms. The van der Waals surface area contributed by atoms with Crippen LogP contribution < -0.4 is 5.32 Å². The summed E-state index contributed by atoms with van der Waals surface area (Å²) >= 11 is 1.24. The SMILES string of the molecule is CCCCN(C)CCC(=O)Nc1nc2ccc([N+](=O)[O-])cc2s1. The molecule has 1 heterocycles. The lowest BCUT2D eigenvalue weighted by molar-refractivity contribution is -0.384. The zero-order valence-corrected chi connectivity index (χ0v) is 14.1. The number of non-ortho nitro benzene ring substituents is 1. The van der Waals surface area contributed by atoms with Crippen molar-refractivity contribution in [2.45, 2.75) is 26.2 Å². The van der Waals surface area contributed by atoms with E-state index >= 15 is 0 Å². The zero-order chi connectivity index (χ0) is 16.8. The Kier molecular flexibility index (Phi) is 6.00. The fourth-order valence-electron chi connectivity index (χ4n) is 2.09. The van der Waals surface area contributed by atoms with Crippen molar-refractivity contribution in [1.29, 1.82) is 0 Å². The quantitative estimate of drug-likeness (QED) is 0.590. The van der Waals surface area contributed by atoms with E-state index in [9.17, 15) is 14.9 Å². The number of amides is 1. The summed E-state index contributed by atoms with van der Waals surface area (Å²) in [4.78, 5) is 28.7. The smallest absolute Gasteiger partial charge is 0.270 e. The largest absolute Gasteiger partial charge is 0.306 e. The van der Waals surface area contributed by atoms with E-state index in [1.807, 2.05) is 7.05 Å². The first kappa shape index (κ1) is 17.3. The lowest BCUT2D eigenvalue weighted by Crippen LogP contribution is -2.25. The third-order valence-corrected chi connectivity index (χ3v) is 4.38. The molecule has 0 bridgehead atoms. The van der Waals surface area contributed by atoms with Crippen molar-refractivity contribution in [2.75, 3.05) is 25.5 Å². The van der Waals surface area contributed by atoms with Gasteiger partial charge in [0.1, 0.15) is 0 Å². The summed E-state index contributed by atoms with van der Waals surface area (Å²) < 4.78 is 0.689. The molecule has 7 nitrogen and oxygen atoms in total. The minimum Gasteiger partial charge on any atom is -0.306 e. The lowest BCUT2D eigenvalue weighted by Gasteiger charge is -2.15. The fourth-order valence-corrected chi connectivity index (χ4v) is 3.01. The van der Waals surface area contributed by atoms with Gasteiger partial charge >= 0.3 is 0 Å². The summed E-state index contributed by atoms with van der Waals surface area (Å²) in [6.07, 6.45) is 2.65. The number of benzene rings is 1. The Morgan fingerprint density at radius 3 is 2.91 bits per heavy atom. The second kappa shape index (κ2) is 7.98. The van der Waals surface area contributed by atoms with Crippen LogP contribution in [0.4, 0.5) is 10.8 Å². The van der Waals surface area contributed by atoms with Gasteiger partial charge in [-0.3, -0.25) is 14.9 Å². The number of nitro groups is 1. The molecular formula is C15H20N4O3S. The maximum absolute atomic E-state index is 12.0. The van der Waals surface area contributed by atoms with E-state index in [0.29, 0.717) is 28.3 Å². The third kappa shape index (κ3) is 4.97. The number of aromatic nitrogens is 1. The van der Waals surface area contributed by atoms with Crippen molar-refractivity contribution in [3.8, 4) is 0 Å². The molecule has 1 aromatic carbocycles. The fraction of sp³-hybridized carbons (Fsp3) is 0.467. The Labute approximate surface area is 138 Å². The summed E-state index contributed by atoms with van der Waals surface area (Å²) in [6.45, 7) is 3.81. The maximum atomic E-state index is 12.0. The molecule has 8 heteroatoms. The van der Waals surface area contributed by atoms with Crippen LogP contribution in [0, 0.1) is 10.1 Å². The number of anilines is 1. The first-order chi connectivity index (χ1) is 11.0. The van der Waals surface area contributed by atoms with Crippen LogP contribution in [0.15, 0.2) is 18.2 Å². The number of thiazole rings is 1. The normalized spacial score (nSPS) is 11.1. The highest BCUT2D eigenvalue weighted by Crippen LogP contribution is 2.29. The Bertz CT molecular complexity index is 701. The highest BCUT2D eigenvalue weighted by molar-refractivity contribution is 7.22. The van der Waals surface area contributed by atoms with Gasteiger partial charge in [-0.25, -0.2) is 4.98 Å². The summed E-state index contributed by atoms with van der Waals surface area (Å²) in [5.41, 5.74) is 0.674. The summed E-state index contributed by atoms with van der Waals surface area (Å²) in [5.74, 6) is -0.0955. The number of hydrogen-bond acceptors (Lipinski definition) is 6. The molecule has 124 valence electrons. The van der Waals surface area contributed by atoms with Crippen LogP contribution in [0.3, 0.4) is 0 Å². The van der Waals surface area contributed by atoms with Gasteiger partial charge in [0, 0.05) is 25.1 Å². The van der Waals surface area contributed by atoms with Crippen molar-refractivity contribution in [3.05, 3.63) is 28.3 Å². The Balaban J connectivity index is 1.93. The monoisotopic (exact) mass is 336 g/mol. The van der Waals surface area contributed by atoms with Crippen molar-refractivity contribution in [2.24, 2.45) is 0 Å². The molecule has 0 saturated heterocycles. The van der Waals surface area contributed by atoms with E-state index in [4.69, 9.17) is 0 Å². The summed E-state index contributed by atoms with van der Waals surface area (Å²) in [5, 5.41) is 14.0. The van der Waals surface area contributed by atoms with Gasteiger partial charge in [-0.1, -0.05) is 24.7 Å². The van der Waals surface area contributed by atoms with E-state index in [1.165, 1.54) is 23.5 Å². The number of carbonyl (C=O) groups is 1. The van der Waals surface area contributed by atoms with Crippen LogP contribution in [0.5, 0.6) is 0 Å². The maximum Gasteiger partial charge on any atom is 0.270 e. The molecule has 0 unspecified atom stereocenters. The third-order valence-electron chi connectivity index (χ3n) is 3.44. The van der Waals surface area contributed by atoms with Crippen LogP contribution in [-0.4, -0.2) is 40.9 Å². The van der Waals surface area contributed by atoms with Gasteiger partial charge in [-0.05, 0) is 26.1 Å². The predicted molar refractivity (Wildman–Crippen MR) is 91.9 cm³/mol. The second-order valence-electron chi connectivity index (χ2n) is 5.38. The van der Waals surface area contributed by atoms with Gasteiger partial charge in [-0.15, -0.1) is 0 Å². The van der Waals surface area contributed by atoms with Gasteiger partial charge in [0.05, 0.1) is 15.1 Å². The standard InChI is InChI=1S/C15H20N4O3S/c1-3-4-8-18(2)9-7-14(20)17-15-16-12-6-5-11(19(21)22)10-13(12)23-15/h5-6,10H,3-4,7-9H2,1-2H3,(H,16,17,20). The van der Waals surface area contributed by atoms with E-state index in [0.717, 1.165) is 19.4 Å². The molecule has 1 amide bonds. The van der Waals surface area contributed by atoms with Gasteiger partial charge in [0.25, 0.3) is 5.69 Å². The van der Waals surface area contributed by atoms with Crippen LogP contribution in [-0.2, 0) is 4.79 Å². The molecule has 0 radical (unpaired) electrons. The Morgan fingerprint density at radius 2 is 2.22 bits per heavy atom. The first-order valence-electron chi connectivity index (χ1n) is 7.53. The minimum absolute atomic E-state index is 0.0246. The van der Waals surface area contributed by atoms with Gasteiger partial charge in [-0.2, -0.15) is 0 Å². The number of nitrogens with one attached hydrogen (secondary N) is 1. The van der Waals surface area contributed by atoms with Gasteiger partial charge in [0.2, 0.25) is 5.91 Å². The minimum atomic E-state index is -0.441. The highest BCUT2D eigenvalue weighted by Gasteiger charge is 2.12.